The number of hydrogen-bond acceptors (Lipinski definition) is 6. The van der Waals surface area contributed by atoms with Crippen LogP contribution >= 0.6 is 27.3 Å². The predicted molar refractivity (Wildman–Crippen MR) is 111 cm³/mol. The van der Waals surface area contributed by atoms with Crippen LogP contribution in [0.2, 0.25) is 0 Å². The maximum absolute atomic E-state index is 12.7. The summed E-state index contributed by atoms with van der Waals surface area (Å²) in [4.78, 5) is 21.7. The number of benzene rings is 1. The summed E-state index contributed by atoms with van der Waals surface area (Å²) in [6, 6.07) is 15.2. The minimum absolute atomic E-state index is 0.214. The Balaban J connectivity index is 1.52. The minimum atomic E-state index is -0.214. The lowest BCUT2D eigenvalue weighted by Gasteiger charge is -1.96. The number of halogens is 1. The number of thiazole rings is 1. The first kappa shape index (κ1) is 17.0. The molecule has 0 aliphatic carbocycles. The fourth-order valence-corrected chi connectivity index (χ4v) is 3.94. The Morgan fingerprint density at radius 3 is 2.54 bits per heavy atom. The largest absolute Gasteiger partial charge is 0.457 e. The number of hydrogen-bond donors (Lipinski definition) is 0. The van der Waals surface area contributed by atoms with Crippen LogP contribution in [0.15, 0.2) is 74.6 Å². The third-order valence-corrected chi connectivity index (χ3v) is 5.64. The van der Waals surface area contributed by atoms with Crippen LogP contribution in [-0.2, 0) is 0 Å². The summed E-state index contributed by atoms with van der Waals surface area (Å²) < 4.78 is 8.73. The van der Waals surface area contributed by atoms with Gasteiger partial charge in [-0.25, -0.2) is 0 Å². The molecule has 0 amide bonds. The van der Waals surface area contributed by atoms with Crippen LogP contribution in [0.4, 0.5) is 0 Å². The van der Waals surface area contributed by atoms with Crippen LogP contribution in [-0.4, -0.2) is 19.6 Å². The van der Waals surface area contributed by atoms with Crippen molar-refractivity contribution in [2.24, 2.45) is 0 Å². The zero-order valence-electron chi connectivity index (χ0n) is 14.2. The van der Waals surface area contributed by atoms with E-state index in [2.05, 4.69) is 31.0 Å². The van der Waals surface area contributed by atoms with Crippen molar-refractivity contribution in [2.45, 2.75) is 0 Å². The maximum Gasteiger partial charge on any atom is 0.291 e. The summed E-state index contributed by atoms with van der Waals surface area (Å²) in [6.45, 7) is 0. The molecule has 0 saturated carbocycles. The first-order valence-electron chi connectivity index (χ1n) is 8.35. The average Bonchev–Trinajstić information content (AvgIpc) is 3.41. The van der Waals surface area contributed by atoms with Crippen molar-refractivity contribution in [3.63, 3.8) is 0 Å². The van der Waals surface area contributed by atoms with Gasteiger partial charge >= 0.3 is 0 Å². The monoisotopic (exact) mass is 450 g/mol. The van der Waals surface area contributed by atoms with Gasteiger partial charge < -0.3 is 4.42 Å². The van der Waals surface area contributed by atoms with Crippen LogP contribution in [0.1, 0.15) is 5.76 Å². The highest BCUT2D eigenvalue weighted by Gasteiger charge is 2.12. The molecule has 1 aromatic carbocycles. The van der Waals surface area contributed by atoms with Crippen LogP contribution in [0.25, 0.3) is 33.7 Å². The second kappa shape index (κ2) is 6.81. The van der Waals surface area contributed by atoms with Gasteiger partial charge in [-0.15, -0.1) is 5.10 Å². The SMILES string of the molecule is O=c1/c(=C/c2ccc(-c3ccc(Br)cc3)o2)sc2nc(-c3ccncc3)nn12. The Labute approximate surface area is 170 Å². The van der Waals surface area contributed by atoms with Gasteiger partial charge in [-0.3, -0.25) is 9.78 Å². The summed E-state index contributed by atoms with van der Waals surface area (Å²) in [5, 5.41) is 4.33. The Hall–Kier alpha value is -3.10. The van der Waals surface area contributed by atoms with Gasteiger partial charge in [0.1, 0.15) is 16.1 Å². The van der Waals surface area contributed by atoms with Crippen molar-refractivity contribution < 1.29 is 4.42 Å². The van der Waals surface area contributed by atoms with Gasteiger partial charge in [0.2, 0.25) is 4.96 Å². The van der Waals surface area contributed by atoms with Crippen molar-refractivity contribution in [2.75, 3.05) is 0 Å². The fraction of sp³-hybridized carbons (Fsp3) is 0. The van der Waals surface area contributed by atoms with E-state index >= 15 is 0 Å². The van der Waals surface area contributed by atoms with Crippen molar-refractivity contribution in [3.05, 3.63) is 86.0 Å². The summed E-state index contributed by atoms with van der Waals surface area (Å²) in [5.41, 5.74) is 1.57. The molecule has 0 radical (unpaired) electrons. The standard InChI is InChI=1S/C20H11BrN4O2S/c21-14-3-1-12(2-4-14)16-6-5-15(27-16)11-17-19(26)25-20(28-17)23-18(24-25)13-7-9-22-10-8-13/h1-11H/b17-11-. The molecule has 0 atom stereocenters. The Morgan fingerprint density at radius 2 is 1.79 bits per heavy atom. The molecule has 4 heterocycles. The number of furan rings is 1. The van der Waals surface area contributed by atoms with E-state index in [0.29, 0.717) is 21.1 Å². The molecule has 0 aliphatic heterocycles. The lowest BCUT2D eigenvalue weighted by molar-refractivity contribution is 0.571. The third kappa shape index (κ3) is 3.06. The molecule has 5 aromatic rings. The maximum atomic E-state index is 12.7. The predicted octanol–water partition coefficient (Wildman–Crippen LogP) is 3.78. The van der Waals surface area contributed by atoms with Crippen molar-refractivity contribution in [3.8, 4) is 22.7 Å². The van der Waals surface area contributed by atoms with E-state index in [1.54, 1.807) is 18.5 Å². The summed E-state index contributed by atoms with van der Waals surface area (Å²) in [5.74, 6) is 1.85. The van der Waals surface area contributed by atoms with Crippen LogP contribution < -0.4 is 10.1 Å². The molecule has 0 aliphatic rings. The molecular formula is C20H11BrN4O2S. The quantitative estimate of drug-likeness (QED) is 0.418. The number of rotatable bonds is 3. The van der Waals surface area contributed by atoms with E-state index in [-0.39, 0.29) is 5.56 Å². The fourth-order valence-electron chi connectivity index (χ4n) is 2.79. The minimum Gasteiger partial charge on any atom is -0.457 e. The smallest absolute Gasteiger partial charge is 0.291 e. The summed E-state index contributed by atoms with van der Waals surface area (Å²) in [6.07, 6.45) is 5.06. The van der Waals surface area contributed by atoms with E-state index in [1.807, 2.05) is 48.5 Å². The van der Waals surface area contributed by atoms with Crippen molar-refractivity contribution in [1.82, 2.24) is 19.6 Å². The van der Waals surface area contributed by atoms with Gasteiger partial charge in [-0.1, -0.05) is 39.4 Å². The van der Waals surface area contributed by atoms with E-state index < -0.39 is 0 Å². The molecule has 4 aromatic heterocycles. The van der Waals surface area contributed by atoms with Gasteiger partial charge in [-0.05, 0) is 36.4 Å². The van der Waals surface area contributed by atoms with Crippen molar-refractivity contribution in [1.29, 1.82) is 0 Å². The summed E-state index contributed by atoms with van der Waals surface area (Å²) >= 11 is 4.70. The molecule has 0 fully saturated rings. The molecule has 28 heavy (non-hydrogen) atoms. The highest BCUT2D eigenvalue weighted by Crippen LogP contribution is 2.24. The third-order valence-electron chi connectivity index (χ3n) is 4.15. The Bertz CT molecular complexity index is 1390. The van der Waals surface area contributed by atoms with Crippen LogP contribution in [0.3, 0.4) is 0 Å². The zero-order valence-corrected chi connectivity index (χ0v) is 16.6. The van der Waals surface area contributed by atoms with Gasteiger partial charge in [0.15, 0.2) is 5.82 Å². The second-order valence-corrected chi connectivity index (χ2v) is 7.92. The number of nitrogens with zero attached hydrogens (tertiary/aromatic N) is 4. The average molecular weight is 451 g/mol. The van der Waals surface area contributed by atoms with E-state index in [1.165, 1.54) is 15.9 Å². The highest BCUT2D eigenvalue weighted by molar-refractivity contribution is 9.10. The molecule has 8 heteroatoms. The number of aromatic nitrogens is 4. The molecule has 0 spiro atoms. The molecule has 0 saturated heterocycles. The van der Waals surface area contributed by atoms with Gasteiger partial charge in [0.25, 0.3) is 5.56 Å². The zero-order chi connectivity index (χ0) is 19.1. The van der Waals surface area contributed by atoms with Crippen LogP contribution in [0, 0.1) is 0 Å². The lowest BCUT2D eigenvalue weighted by Crippen LogP contribution is -2.23. The van der Waals surface area contributed by atoms with E-state index in [0.717, 1.165) is 21.4 Å². The molecule has 6 nitrogen and oxygen atoms in total. The first-order valence-corrected chi connectivity index (χ1v) is 9.96. The highest BCUT2D eigenvalue weighted by atomic mass is 79.9. The molecule has 0 bridgehead atoms. The molecule has 136 valence electrons. The lowest BCUT2D eigenvalue weighted by atomic mass is 10.2. The molecular weight excluding hydrogens is 440 g/mol. The second-order valence-electron chi connectivity index (χ2n) is 5.99. The van der Waals surface area contributed by atoms with Crippen molar-refractivity contribution >= 4 is 38.3 Å². The normalized spacial score (nSPS) is 12.1. The topological polar surface area (TPSA) is 73.3 Å². The molecule has 0 unspecified atom stereocenters. The first-order chi connectivity index (χ1) is 13.7. The Kier molecular flexibility index (Phi) is 4.14. The number of pyridine rings is 1. The number of fused-ring (bicyclic) bond motifs is 1. The Morgan fingerprint density at radius 1 is 1.00 bits per heavy atom. The summed E-state index contributed by atoms with van der Waals surface area (Å²) in [7, 11) is 0. The molecule has 5 rings (SSSR count). The van der Waals surface area contributed by atoms with Crippen LogP contribution in [0.5, 0.6) is 0 Å². The van der Waals surface area contributed by atoms with Gasteiger partial charge in [0, 0.05) is 34.1 Å². The van der Waals surface area contributed by atoms with Gasteiger partial charge in [-0.2, -0.15) is 9.50 Å². The molecule has 0 N–H and O–H groups in total. The van der Waals surface area contributed by atoms with Gasteiger partial charge in [0.05, 0.1) is 0 Å². The van der Waals surface area contributed by atoms with E-state index in [9.17, 15) is 4.79 Å². The van der Waals surface area contributed by atoms with E-state index in [4.69, 9.17) is 4.42 Å².